The first-order chi connectivity index (χ1) is 9.23. The van der Waals surface area contributed by atoms with Gasteiger partial charge in [-0.1, -0.05) is 0 Å². The van der Waals surface area contributed by atoms with E-state index in [1.54, 1.807) is 4.90 Å². The van der Waals surface area contributed by atoms with E-state index in [4.69, 9.17) is 10.6 Å². The molecule has 110 valence electrons. The maximum absolute atomic E-state index is 12.2. The van der Waals surface area contributed by atoms with Gasteiger partial charge in [-0.3, -0.25) is 4.90 Å². The Morgan fingerprint density at radius 1 is 1.30 bits per heavy atom. The van der Waals surface area contributed by atoms with Gasteiger partial charge in [0.25, 0.3) is 0 Å². The van der Waals surface area contributed by atoms with Gasteiger partial charge in [-0.15, -0.1) is 0 Å². The minimum atomic E-state index is -0.496. The van der Waals surface area contributed by atoms with E-state index in [2.05, 4.69) is 10.4 Å². The van der Waals surface area contributed by atoms with Crippen LogP contribution in [0.4, 0.5) is 10.6 Å². The Morgan fingerprint density at radius 2 is 1.90 bits per heavy atom. The summed E-state index contributed by atoms with van der Waals surface area (Å²) in [6.07, 6.45) is -0.311. The summed E-state index contributed by atoms with van der Waals surface area (Å²) < 4.78 is 5.41. The summed E-state index contributed by atoms with van der Waals surface area (Å²) in [5.41, 5.74) is 6.22. The molecule has 0 bridgehead atoms. The lowest BCUT2D eigenvalue weighted by Crippen LogP contribution is -2.33. The van der Waals surface area contributed by atoms with Crippen molar-refractivity contribution in [1.29, 1.82) is 0 Å². The summed E-state index contributed by atoms with van der Waals surface area (Å²) in [5.74, 6) is 6.15. The van der Waals surface area contributed by atoms with Gasteiger partial charge in [-0.05, 0) is 45.7 Å². The predicted octanol–water partition coefficient (Wildman–Crippen LogP) is 2.23. The first-order valence-electron chi connectivity index (χ1n) is 6.66. The van der Waals surface area contributed by atoms with E-state index in [-0.39, 0.29) is 6.09 Å². The van der Waals surface area contributed by atoms with Crippen molar-refractivity contribution >= 4 is 11.9 Å². The molecule has 2 rings (SSSR count). The van der Waals surface area contributed by atoms with Gasteiger partial charge in [-0.25, -0.2) is 15.6 Å². The quantitative estimate of drug-likeness (QED) is 0.608. The number of carbonyl (C=O) groups is 1. The number of nitrogen functional groups attached to an aromatic ring is 1. The topological polar surface area (TPSA) is 80.5 Å². The third kappa shape index (κ3) is 2.70. The van der Waals surface area contributed by atoms with Crippen LogP contribution in [-0.2, 0) is 17.8 Å². The lowest BCUT2D eigenvalue weighted by atomic mass is 10.0. The minimum absolute atomic E-state index is 0.311. The van der Waals surface area contributed by atoms with E-state index < -0.39 is 5.60 Å². The van der Waals surface area contributed by atoms with E-state index in [1.165, 1.54) is 0 Å². The standard InChI is InChI=1S/C14H22N4O2/c1-8-9(2)16-12(17-15)11-7-18(6-10(8)11)13(19)20-14(3,4)5/h6-7,15H2,1-5H3,(H,16,17). The summed E-state index contributed by atoms with van der Waals surface area (Å²) in [5, 5.41) is 0. The zero-order valence-corrected chi connectivity index (χ0v) is 12.7. The lowest BCUT2D eigenvalue weighted by molar-refractivity contribution is 0.0242. The Kier molecular flexibility index (Phi) is 3.60. The Bertz CT molecular complexity index is 549. The van der Waals surface area contributed by atoms with Crippen molar-refractivity contribution in [2.75, 3.05) is 5.43 Å². The fourth-order valence-electron chi connectivity index (χ4n) is 2.30. The van der Waals surface area contributed by atoms with E-state index in [9.17, 15) is 4.79 Å². The smallest absolute Gasteiger partial charge is 0.410 e. The number of hydrogen-bond acceptors (Lipinski definition) is 5. The van der Waals surface area contributed by atoms with Crippen LogP contribution in [-0.4, -0.2) is 21.6 Å². The molecular weight excluding hydrogens is 256 g/mol. The number of carbonyl (C=O) groups excluding carboxylic acids is 1. The van der Waals surface area contributed by atoms with Gasteiger partial charge in [0, 0.05) is 11.3 Å². The van der Waals surface area contributed by atoms with Crippen LogP contribution in [0.1, 0.15) is 43.2 Å². The molecule has 6 heteroatoms. The van der Waals surface area contributed by atoms with Gasteiger partial charge in [0.1, 0.15) is 11.4 Å². The third-order valence-corrected chi connectivity index (χ3v) is 3.41. The molecule has 3 N–H and O–H groups in total. The molecule has 0 radical (unpaired) electrons. The molecule has 0 saturated carbocycles. The number of rotatable bonds is 1. The average Bonchev–Trinajstić information content (AvgIpc) is 2.77. The molecule has 0 fully saturated rings. The molecule has 0 aliphatic carbocycles. The number of nitrogens with one attached hydrogen (secondary N) is 1. The highest BCUT2D eigenvalue weighted by molar-refractivity contribution is 5.71. The molecule has 1 amide bonds. The molecule has 0 atom stereocenters. The van der Waals surface area contributed by atoms with E-state index in [0.29, 0.717) is 18.9 Å². The Hall–Kier alpha value is -1.82. The van der Waals surface area contributed by atoms with Crippen molar-refractivity contribution in [2.24, 2.45) is 5.84 Å². The van der Waals surface area contributed by atoms with Gasteiger partial charge in [0.2, 0.25) is 0 Å². The van der Waals surface area contributed by atoms with Crippen molar-refractivity contribution in [3.05, 3.63) is 22.4 Å². The Morgan fingerprint density at radius 3 is 2.45 bits per heavy atom. The number of ether oxygens (including phenoxy) is 1. The Labute approximate surface area is 119 Å². The zero-order valence-electron chi connectivity index (χ0n) is 12.7. The number of nitrogens with zero attached hydrogens (tertiary/aromatic N) is 2. The normalized spacial score (nSPS) is 14.2. The number of amides is 1. The highest BCUT2D eigenvalue weighted by atomic mass is 16.6. The lowest BCUT2D eigenvalue weighted by Gasteiger charge is -2.24. The summed E-state index contributed by atoms with van der Waals surface area (Å²) in [6, 6.07) is 0. The van der Waals surface area contributed by atoms with E-state index in [0.717, 1.165) is 22.4 Å². The number of nitrogens with two attached hydrogens (primary N) is 1. The number of aromatic nitrogens is 1. The monoisotopic (exact) mass is 278 g/mol. The van der Waals surface area contributed by atoms with E-state index in [1.807, 2.05) is 34.6 Å². The van der Waals surface area contributed by atoms with Crippen LogP contribution < -0.4 is 11.3 Å². The predicted molar refractivity (Wildman–Crippen MR) is 77.0 cm³/mol. The maximum Gasteiger partial charge on any atom is 0.410 e. The fourth-order valence-corrected chi connectivity index (χ4v) is 2.30. The molecule has 1 aromatic heterocycles. The summed E-state index contributed by atoms with van der Waals surface area (Å²) in [7, 11) is 0. The highest BCUT2D eigenvalue weighted by Gasteiger charge is 2.31. The highest BCUT2D eigenvalue weighted by Crippen LogP contribution is 2.32. The largest absolute Gasteiger partial charge is 0.444 e. The first-order valence-corrected chi connectivity index (χ1v) is 6.66. The van der Waals surface area contributed by atoms with Gasteiger partial charge in [0.15, 0.2) is 0 Å². The molecule has 1 aromatic rings. The number of hydrazine groups is 1. The average molecular weight is 278 g/mol. The van der Waals surface area contributed by atoms with Crippen molar-refractivity contribution in [2.45, 2.75) is 53.3 Å². The second kappa shape index (κ2) is 4.94. The maximum atomic E-state index is 12.2. The SMILES string of the molecule is Cc1nc(NN)c2c(c1C)CN(C(=O)OC(C)(C)C)C2. The first kappa shape index (κ1) is 14.6. The summed E-state index contributed by atoms with van der Waals surface area (Å²) >= 11 is 0. The molecule has 2 heterocycles. The summed E-state index contributed by atoms with van der Waals surface area (Å²) in [6.45, 7) is 10.5. The van der Waals surface area contributed by atoms with Gasteiger partial charge in [0.05, 0.1) is 13.1 Å². The van der Waals surface area contributed by atoms with Gasteiger partial charge in [-0.2, -0.15) is 0 Å². The van der Waals surface area contributed by atoms with Crippen molar-refractivity contribution in [3.8, 4) is 0 Å². The molecule has 1 aliphatic heterocycles. The van der Waals surface area contributed by atoms with Crippen molar-refractivity contribution in [1.82, 2.24) is 9.88 Å². The number of anilines is 1. The number of hydrogen-bond donors (Lipinski definition) is 2. The van der Waals surface area contributed by atoms with Gasteiger partial charge < -0.3 is 10.2 Å². The third-order valence-electron chi connectivity index (χ3n) is 3.41. The molecule has 0 aromatic carbocycles. The minimum Gasteiger partial charge on any atom is -0.444 e. The Balaban J connectivity index is 2.27. The van der Waals surface area contributed by atoms with Crippen LogP contribution in [0, 0.1) is 13.8 Å². The van der Waals surface area contributed by atoms with Crippen LogP contribution >= 0.6 is 0 Å². The molecule has 1 aliphatic rings. The van der Waals surface area contributed by atoms with Gasteiger partial charge >= 0.3 is 6.09 Å². The molecular formula is C14H22N4O2. The van der Waals surface area contributed by atoms with Crippen molar-refractivity contribution < 1.29 is 9.53 Å². The second-order valence-corrected chi connectivity index (χ2v) is 6.11. The second-order valence-electron chi connectivity index (χ2n) is 6.11. The van der Waals surface area contributed by atoms with Crippen LogP contribution in [0.3, 0.4) is 0 Å². The van der Waals surface area contributed by atoms with Crippen LogP contribution in [0.25, 0.3) is 0 Å². The van der Waals surface area contributed by atoms with Crippen LogP contribution in [0.5, 0.6) is 0 Å². The van der Waals surface area contributed by atoms with Crippen LogP contribution in [0.15, 0.2) is 0 Å². The van der Waals surface area contributed by atoms with Crippen molar-refractivity contribution in [3.63, 3.8) is 0 Å². The number of aryl methyl sites for hydroxylation is 1. The molecule has 0 saturated heterocycles. The van der Waals surface area contributed by atoms with Crippen LogP contribution in [0.2, 0.25) is 0 Å². The molecule has 20 heavy (non-hydrogen) atoms. The molecule has 0 unspecified atom stereocenters. The zero-order chi connectivity index (χ0) is 15.1. The number of pyridine rings is 1. The summed E-state index contributed by atoms with van der Waals surface area (Å²) in [4.78, 5) is 18.2. The molecule has 6 nitrogen and oxygen atoms in total. The number of fused-ring (bicyclic) bond motifs is 1. The molecule has 0 spiro atoms. The van der Waals surface area contributed by atoms with E-state index >= 15 is 0 Å². The fraction of sp³-hybridized carbons (Fsp3) is 0.571.